The Kier molecular flexibility index (Phi) is 4.40. The number of nitrogens with zero attached hydrogens (tertiary/aromatic N) is 1. The zero-order valence-corrected chi connectivity index (χ0v) is 13.0. The molecule has 0 unspecified atom stereocenters. The SMILES string of the molecule is CCOc1ccc2ccccc2c1/C=N/c1ccccc1Cl. The second-order valence-electron chi connectivity index (χ2n) is 4.84. The van der Waals surface area contributed by atoms with Crippen molar-refractivity contribution in [1.29, 1.82) is 0 Å². The van der Waals surface area contributed by atoms with Crippen LogP contribution in [0.5, 0.6) is 5.75 Å². The van der Waals surface area contributed by atoms with Crippen molar-refractivity contribution in [2.24, 2.45) is 4.99 Å². The van der Waals surface area contributed by atoms with Crippen LogP contribution in [-0.2, 0) is 0 Å². The molecule has 0 N–H and O–H groups in total. The highest BCUT2D eigenvalue weighted by Gasteiger charge is 2.07. The molecule has 0 saturated carbocycles. The van der Waals surface area contributed by atoms with Gasteiger partial charge in [-0.3, -0.25) is 4.99 Å². The maximum absolute atomic E-state index is 6.16. The van der Waals surface area contributed by atoms with E-state index in [1.54, 1.807) is 0 Å². The van der Waals surface area contributed by atoms with Crippen LogP contribution >= 0.6 is 11.6 Å². The number of halogens is 1. The predicted molar refractivity (Wildman–Crippen MR) is 93.8 cm³/mol. The fraction of sp³-hybridized carbons (Fsp3) is 0.105. The lowest BCUT2D eigenvalue weighted by atomic mass is 10.0. The lowest BCUT2D eigenvalue weighted by Crippen LogP contribution is -1.97. The molecule has 0 saturated heterocycles. The van der Waals surface area contributed by atoms with E-state index in [4.69, 9.17) is 16.3 Å². The highest BCUT2D eigenvalue weighted by Crippen LogP contribution is 2.29. The van der Waals surface area contributed by atoms with Gasteiger partial charge in [0.25, 0.3) is 0 Å². The Morgan fingerprint density at radius 1 is 1.00 bits per heavy atom. The van der Waals surface area contributed by atoms with Crippen molar-refractivity contribution in [3.63, 3.8) is 0 Å². The van der Waals surface area contributed by atoms with Gasteiger partial charge >= 0.3 is 0 Å². The number of para-hydroxylation sites is 1. The van der Waals surface area contributed by atoms with Crippen molar-refractivity contribution in [3.05, 3.63) is 71.2 Å². The standard InChI is InChI=1S/C19H16ClNO/c1-2-22-19-12-11-14-7-3-4-8-15(14)16(19)13-21-18-10-6-5-9-17(18)20/h3-13H,2H2,1H3/b21-13+. The van der Waals surface area contributed by atoms with Crippen molar-refractivity contribution >= 4 is 34.3 Å². The number of hydrogen-bond acceptors (Lipinski definition) is 2. The molecule has 0 amide bonds. The van der Waals surface area contributed by atoms with Crippen LogP contribution in [0.3, 0.4) is 0 Å². The molecule has 3 heteroatoms. The average molecular weight is 310 g/mol. The van der Waals surface area contributed by atoms with Crippen molar-refractivity contribution in [3.8, 4) is 5.75 Å². The molecule has 2 nitrogen and oxygen atoms in total. The molecule has 110 valence electrons. The number of rotatable bonds is 4. The number of ether oxygens (including phenoxy) is 1. The van der Waals surface area contributed by atoms with Crippen molar-refractivity contribution in [2.45, 2.75) is 6.92 Å². The van der Waals surface area contributed by atoms with Crippen molar-refractivity contribution < 1.29 is 4.74 Å². The van der Waals surface area contributed by atoms with E-state index in [9.17, 15) is 0 Å². The second-order valence-corrected chi connectivity index (χ2v) is 5.25. The lowest BCUT2D eigenvalue weighted by Gasteiger charge is -2.10. The second kappa shape index (κ2) is 6.63. The van der Waals surface area contributed by atoms with E-state index in [1.807, 2.05) is 55.6 Å². The van der Waals surface area contributed by atoms with E-state index in [-0.39, 0.29) is 0 Å². The molecule has 0 atom stereocenters. The maximum Gasteiger partial charge on any atom is 0.128 e. The number of hydrogen-bond donors (Lipinski definition) is 0. The van der Waals surface area contributed by atoms with Gasteiger partial charge in [0.1, 0.15) is 5.75 Å². The molecule has 0 heterocycles. The lowest BCUT2D eigenvalue weighted by molar-refractivity contribution is 0.340. The van der Waals surface area contributed by atoms with E-state index in [2.05, 4.69) is 23.2 Å². The molecule has 0 aliphatic carbocycles. The van der Waals surface area contributed by atoms with E-state index >= 15 is 0 Å². The van der Waals surface area contributed by atoms with Crippen LogP contribution in [0.2, 0.25) is 5.02 Å². The first kappa shape index (κ1) is 14.6. The molecular formula is C19H16ClNO. The maximum atomic E-state index is 6.16. The van der Waals surface area contributed by atoms with Gasteiger partial charge in [-0.1, -0.05) is 54.1 Å². The Morgan fingerprint density at radius 2 is 1.77 bits per heavy atom. The third kappa shape index (κ3) is 2.97. The molecule has 0 radical (unpaired) electrons. The number of aliphatic imine (C=N–C) groups is 1. The van der Waals surface area contributed by atoms with E-state index in [1.165, 1.54) is 0 Å². The van der Waals surface area contributed by atoms with Gasteiger partial charge in [0.05, 0.1) is 17.3 Å². The summed E-state index contributed by atoms with van der Waals surface area (Å²) in [5.74, 6) is 0.831. The van der Waals surface area contributed by atoms with Gasteiger partial charge in [0.15, 0.2) is 0 Å². The zero-order chi connectivity index (χ0) is 15.4. The summed E-state index contributed by atoms with van der Waals surface area (Å²) in [7, 11) is 0. The molecule has 0 fully saturated rings. The van der Waals surface area contributed by atoms with E-state index < -0.39 is 0 Å². The Labute approximate surface area is 135 Å². The summed E-state index contributed by atoms with van der Waals surface area (Å²) in [6.07, 6.45) is 1.83. The predicted octanol–water partition coefficient (Wildman–Crippen LogP) is 5.64. The molecule has 0 aliphatic rings. The first-order chi connectivity index (χ1) is 10.8. The van der Waals surface area contributed by atoms with Gasteiger partial charge in [-0.2, -0.15) is 0 Å². The van der Waals surface area contributed by atoms with Crippen molar-refractivity contribution in [1.82, 2.24) is 0 Å². The van der Waals surface area contributed by atoms with Crippen molar-refractivity contribution in [2.75, 3.05) is 6.61 Å². The minimum atomic E-state index is 0.616. The van der Waals surface area contributed by atoms with Gasteiger partial charge in [-0.25, -0.2) is 0 Å². The Hall–Kier alpha value is -2.32. The monoisotopic (exact) mass is 309 g/mol. The van der Waals surface area contributed by atoms with Crippen LogP contribution in [0.25, 0.3) is 10.8 Å². The average Bonchev–Trinajstić information content (AvgIpc) is 2.55. The van der Waals surface area contributed by atoms with Gasteiger partial charge in [-0.05, 0) is 35.9 Å². The molecule has 0 bridgehead atoms. The fourth-order valence-corrected chi connectivity index (χ4v) is 2.57. The summed E-state index contributed by atoms with van der Waals surface area (Å²) >= 11 is 6.16. The molecule has 0 aromatic heterocycles. The van der Waals surface area contributed by atoms with Crippen LogP contribution in [0.4, 0.5) is 5.69 Å². The highest BCUT2D eigenvalue weighted by molar-refractivity contribution is 6.33. The molecule has 3 aromatic carbocycles. The summed E-state index contributed by atoms with van der Waals surface area (Å²) in [5.41, 5.74) is 1.72. The minimum absolute atomic E-state index is 0.616. The van der Waals surface area contributed by atoms with Crippen LogP contribution < -0.4 is 4.74 Å². The van der Waals surface area contributed by atoms with Crippen LogP contribution in [-0.4, -0.2) is 12.8 Å². The van der Waals surface area contributed by atoms with Crippen LogP contribution in [0, 0.1) is 0 Å². The Morgan fingerprint density at radius 3 is 2.59 bits per heavy atom. The topological polar surface area (TPSA) is 21.6 Å². The van der Waals surface area contributed by atoms with Crippen LogP contribution in [0.15, 0.2) is 65.7 Å². The van der Waals surface area contributed by atoms with E-state index in [0.29, 0.717) is 11.6 Å². The number of fused-ring (bicyclic) bond motifs is 1. The molecule has 0 spiro atoms. The first-order valence-corrected chi connectivity index (χ1v) is 7.60. The number of benzene rings is 3. The largest absolute Gasteiger partial charge is 0.493 e. The van der Waals surface area contributed by atoms with Gasteiger partial charge < -0.3 is 4.74 Å². The summed E-state index contributed by atoms with van der Waals surface area (Å²) in [5, 5.41) is 2.91. The third-order valence-corrected chi connectivity index (χ3v) is 3.74. The molecular weight excluding hydrogens is 294 g/mol. The molecule has 3 aromatic rings. The summed E-state index contributed by atoms with van der Waals surface area (Å²) in [6, 6.07) is 19.8. The molecule has 3 rings (SSSR count). The smallest absolute Gasteiger partial charge is 0.128 e. The first-order valence-electron chi connectivity index (χ1n) is 7.22. The zero-order valence-electron chi connectivity index (χ0n) is 12.3. The summed E-state index contributed by atoms with van der Waals surface area (Å²) < 4.78 is 5.74. The van der Waals surface area contributed by atoms with Gasteiger partial charge in [0.2, 0.25) is 0 Å². The summed E-state index contributed by atoms with van der Waals surface area (Å²) in [4.78, 5) is 4.53. The normalized spacial score (nSPS) is 11.2. The van der Waals surface area contributed by atoms with Crippen LogP contribution in [0.1, 0.15) is 12.5 Å². The van der Waals surface area contributed by atoms with Gasteiger partial charge in [-0.15, -0.1) is 0 Å². The van der Waals surface area contributed by atoms with E-state index in [0.717, 1.165) is 27.8 Å². The fourth-order valence-electron chi connectivity index (χ4n) is 2.38. The van der Waals surface area contributed by atoms with Gasteiger partial charge in [0, 0.05) is 11.8 Å². The third-order valence-electron chi connectivity index (χ3n) is 3.42. The Bertz CT molecular complexity index is 827. The summed E-state index contributed by atoms with van der Waals surface area (Å²) in [6.45, 7) is 2.59. The minimum Gasteiger partial charge on any atom is -0.493 e. The highest BCUT2D eigenvalue weighted by atomic mass is 35.5. The Balaban J connectivity index is 2.11. The molecule has 22 heavy (non-hydrogen) atoms. The molecule has 0 aliphatic heterocycles. The quantitative estimate of drug-likeness (QED) is 0.571.